The van der Waals surface area contributed by atoms with Crippen LogP contribution < -0.4 is 5.32 Å². The van der Waals surface area contributed by atoms with Crippen LogP contribution >= 0.6 is 38.9 Å². The summed E-state index contributed by atoms with van der Waals surface area (Å²) in [6, 6.07) is 8.74. The number of benzene rings is 1. The third-order valence-electron chi connectivity index (χ3n) is 3.38. The van der Waals surface area contributed by atoms with Crippen molar-refractivity contribution in [3.8, 4) is 0 Å². The monoisotopic (exact) mass is 371 g/mol. The van der Waals surface area contributed by atoms with Crippen molar-refractivity contribution in [3.63, 3.8) is 0 Å². The van der Waals surface area contributed by atoms with Crippen molar-refractivity contribution in [2.75, 3.05) is 6.54 Å². The first-order valence-corrected chi connectivity index (χ1v) is 8.77. The van der Waals surface area contributed by atoms with Crippen molar-refractivity contribution in [3.05, 3.63) is 54.6 Å². The average molecular weight is 373 g/mol. The van der Waals surface area contributed by atoms with Crippen LogP contribution in [0, 0.1) is 13.8 Å². The third-order valence-corrected chi connectivity index (χ3v) is 5.92. The Morgan fingerprint density at radius 1 is 1.30 bits per heavy atom. The number of aryl methyl sites for hydroxylation is 2. The molecule has 1 aromatic carbocycles. The Labute approximate surface area is 138 Å². The topological polar surface area (TPSA) is 12.0 Å². The van der Waals surface area contributed by atoms with Gasteiger partial charge in [-0.1, -0.05) is 36.7 Å². The molecule has 1 N–H and O–H groups in total. The quantitative estimate of drug-likeness (QED) is 0.692. The second-order valence-corrected chi connectivity index (χ2v) is 7.77. The largest absolute Gasteiger partial charge is 0.306 e. The Balaban J connectivity index is 2.47. The molecule has 0 amide bonds. The highest BCUT2D eigenvalue weighted by molar-refractivity contribution is 9.11. The van der Waals surface area contributed by atoms with Crippen LogP contribution in [0.1, 0.15) is 41.0 Å². The van der Waals surface area contributed by atoms with Gasteiger partial charge in [-0.3, -0.25) is 0 Å². The molecular formula is C16H19BrClNS. The molecule has 0 saturated carbocycles. The maximum absolute atomic E-state index is 6.21. The smallest absolute Gasteiger partial charge is 0.0888 e. The van der Waals surface area contributed by atoms with Crippen LogP contribution in [0.5, 0.6) is 0 Å². The Bertz CT molecular complexity index is 554. The predicted molar refractivity (Wildman–Crippen MR) is 93.1 cm³/mol. The molecule has 1 heterocycles. The van der Waals surface area contributed by atoms with Crippen molar-refractivity contribution < 1.29 is 0 Å². The van der Waals surface area contributed by atoms with Crippen LogP contribution in [-0.4, -0.2) is 6.54 Å². The van der Waals surface area contributed by atoms with E-state index < -0.39 is 0 Å². The molecule has 0 saturated heterocycles. The summed E-state index contributed by atoms with van der Waals surface area (Å²) in [5.41, 5.74) is 4.00. The molecule has 0 aliphatic rings. The minimum absolute atomic E-state index is 0.213. The van der Waals surface area contributed by atoms with E-state index in [-0.39, 0.29) is 6.04 Å². The zero-order valence-corrected chi connectivity index (χ0v) is 15.1. The highest BCUT2D eigenvalue weighted by Gasteiger charge is 2.20. The van der Waals surface area contributed by atoms with E-state index in [0.29, 0.717) is 0 Å². The highest BCUT2D eigenvalue weighted by Crippen LogP contribution is 2.38. The average Bonchev–Trinajstić information content (AvgIpc) is 2.73. The number of rotatable bonds is 5. The SMILES string of the molecule is CCCNC(c1cc(Cl)c(Br)s1)c1c(C)cccc1C. The van der Waals surface area contributed by atoms with Crippen LogP contribution in [0.2, 0.25) is 5.02 Å². The third kappa shape index (κ3) is 3.45. The molecule has 0 aliphatic carbocycles. The highest BCUT2D eigenvalue weighted by atomic mass is 79.9. The number of halogens is 2. The van der Waals surface area contributed by atoms with Gasteiger partial charge in [-0.05, 0) is 65.5 Å². The number of hydrogen-bond acceptors (Lipinski definition) is 2. The minimum atomic E-state index is 0.213. The standard InChI is InChI=1S/C16H19BrClNS/c1-4-8-19-15(13-9-12(18)16(17)20-13)14-10(2)6-5-7-11(14)3/h5-7,9,15,19H,4,8H2,1-3H3. The van der Waals surface area contributed by atoms with E-state index in [2.05, 4.69) is 66.3 Å². The van der Waals surface area contributed by atoms with Gasteiger partial charge >= 0.3 is 0 Å². The van der Waals surface area contributed by atoms with Crippen LogP contribution in [0.3, 0.4) is 0 Å². The number of hydrogen-bond donors (Lipinski definition) is 1. The summed E-state index contributed by atoms with van der Waals surface area (Å²) in [6.45, 7) is 7.53. The Hall–Kier alpha value is -0.350. The summed E-state index contributed by atoms with van der Waals surface area (Å²) in [7, 11) is 0. The van der Waals surface area contributed by atoms with Gasteiger partial charge in [-0.2, -0.15) is 0 Å². The second kappa shape index (κ2) is 7.08. The molecule has 0 fully saturated rings. The van der Waals surface area contributed by atoms with E-state index >= 15 is 0 Å². The zero-order valence-electron chi connectivity index (χ0n) is 12.0. The molecule has 1 nitrogen and oxygen atoms in total. The van der Waals surface area contributed by atoms with Gasteiger partial charge in [0, 0.05) is 4.88 Å². The lowest BCUT2D eigenvalue weighted by atomic mass is 9.95. The molecule has 0 radical (unpaired) electrons. The van der Waals surface area contributed by atoms with Gasteiger partial charge in [0.15, 0.2) is 0 Å². The molecule has 20 heavy (non-hydrogen) atoms. The first-order chi connectivity index (χ1) is 9.54. The van der Waals surface area contributed by atoms with Crippen molar-refractivity contribution in [2.45, 2.75) is 33.2 Å². The number of nitrogens with one attached hydrogen (secondary N) is 1. The van der Waals surface area contributed by atoms with E-state index in [4.69, 9.17) is 11.6 Å². The summed E-state index contributed by atoms with van der Waals surface area (Å²) in [4.78, 5) is 1.26. The first kappa shape index (κ1) is 16.0. The first-order valence-electron chi connectivity index (χ1n) is 6.78. The van der Waals surface area contributed by atoms with Crippen molar-refractivity contribution in [1.82, 2.24) is 5.32 Å². The lowest BCUT2D eigenvalue weighted by Gasteiger charge is -2.22. The van der Waals surface area contributed by atoms with Crippen LogP contribution in [0.25, 0.3) is 0 Å². The van der Waals surface area contributed by atoms with Gasteiger partial charge in [0.05, 0.1) is 14.9 Å². The molecule has 0 aliphatic heterocycles. The number of thiophene rings is 1. The van der Waals surface area contributed by atoms with Crippen LogP contribution in [0.4, 0.5) is 0 Å². The van der Waals surface area contributed by atoms with Crippen LogP contribution in [-0.2, 0) is 0 Å². The van der Waals surface area contributed by atoms with Gasteiger partial charge < -0.3 is 5.32 Å². The summed E-state index contributed by atoms with van der Waals surface area (Å²) in [6.07, 6.45) is 1.11. The minimum Gasteiger partial charge on any atom is -0.306 e. The van der Waals surface area contributed by atoms with E-state index in [1.165, 1.54) is 21.6 Å². The fraction of sp³-hybridized carbons (Fsp3) is 0.375. The second-order valence-electron chi connectivity index (χ2n) is 4.96. The lowest BCUT2D eigenvalue weighted by molar-refractivity contribution is 0.601. The molecule has 2 rings (SSSR count). The predicted octanol–water partition coefficient (Wildman–Crippen LogP) is 5.87. The fourth-order valence-corrected chi connectivity index (χ4v) is 4.25. The molecule has 0 spiro atoms. The van der Waals surface area contributed by atoms with Gasteiger partial charge in [0.2, 0.25) is 0 Å². The van der Waals surface area contributed by atoms with Crippen molar-refractivity contribution >= 4 is 38.9 Å². The molecule has 1 atom stereocenters. The fourth-order valence-electron chi connectivity index (χ4n) is 2.42. The van der Waals surface area contributed by atoms with Crippen LogP contribution in [0.15, 0.2) is 28.1 Å². The summed E-state index contributed by atoms with van der Waals surface area (Å²) in [5, 5.41) is 4.45. The maximum atomic E-state index is 6.21. The Morgan fingerprint density at radius 3 is 2.45 bits per heavy atom. The van der Waals surface area contributed by atoms with Gasteiger partial charge in [0.1, 0.15) is 0 Å². The van der Waals surface area contributed by atoms with E-state index in [0.717, 1.165) is 21.8 Å². The Kier molecular flexibility index (Phi) is 5.67. The lowest BCUT2D eigenvalue weighted by Crippen LogP contribution is -2.24. The molecular weight excluding hydrogens is 354 g/mol. The summed E-state index contributed by atoms with van der Waals surface area (Å²) < 4.78 is 1.00. The zero-order chi connectivity index (χ0) is 14.7. The van der Waals surface area contributed by atoms with E-state index in [1.807, 2.05) is 0 Å². The molecule has 1 aromatic heterocycles. The van der Waals surface area contributed by atoms with Crippen molar-refractivity contribution in [1.29, 1.82) is 0 Å². The van der Waals surface area contributed by atoms with E-state index in [1.54, 1.807) is 11.3 Å². The molecule has 0 bridgehead atoms. The van der Waals surface area contributed by atoms with Crippen molar-refractivity contribution in [2.24, 2.45) is 0 Å². The van der Waals surface area contributed by atoms with Gasteiger partial charge in [-0.25, -0.2) is 0 Å². The molecule has 1 unspecified atom stereocenters. The summed E-state index contributed by atoms with van der Waals surface area (Å²) in [5.74, 6) is 0. The van der Waals surface area contributed by atoms with Gasteiger partial charge in [0.25, 0.3) is 0 Å². The van der Waals surface area contributed by atoms with E-state index in [9.17, 15) is 0 Å². The molecule has 4 heteroatoms. The molecule has 108 valence electrons. The maximum Gasteiger partial charge on any atom is 0.0888 e. The summed E-state index contributed by atoms with van der Waals surface area (Å²) >= 11 is 11.4. The molecule has 2 aromatic rings. The van der Waals surface area contributed by atoms with Gasteiger partial charge in [-0.15, -0.1) is 11.3 Å². The Morgan fingerprint density at radius 2 is 1.95 bits per heavy atom. The normalized spacial score (nSPS) is 12.7.